The quantitative estimate of drug-likeness (QED) is 0.919. The number of halogens is 3. The second kappa shape index (κ2) is 4.92. The number of aromatic nitrogens is 2. The van der Waals surface area contributed by atoms with Crippen molar-refractivity contribution in [3.8, 4) is 11.3 Å². The molecular formula is C13H9F3N2O2. The average molecular weight is 282 g/mol. The molecule has 20 heavy (non-hydrogen) atoms. The largest absolute Gasteiger partial charge is 0.475 e. The summed E-state index contributed by atoms with van der Waals surface area (Å²) in [6.07, 6.45) is -4.73. The van der Waals surface area contributed by atoms with Gasteiger partial charge < -0.3 is 5.11 Å². The first kappa shape index (κ1) is 14.0. The number of hydrogen-bond acceptors (Lipinski definition) is 3. The van der Waals surface area contributed by atoms with Crippen LogP contribution in [-0.4, -0.2) is 21.0 Å². The van der Waals surface area contributed by atoms with Gasteiger partial charge in [-0.2, -0.15) is 13.2 Å². The van der Waals surface area contributed by atoms with Crippen LogP contribution >= 0.6 is 0 Å². The molecule has 1 aromatic carbocycles. The lowest BCUT2D eigenvalue weighted by Gasteiger charge is -2.10. The van der Waals surface area contributed by atoms with Gasteiger partial charge in [0.25, 0.3) is 0 Å². The summed E-state index contributed by atoms with van der Waals surface area (Å²) in [4.78, 5) is 17.5. The summed E-state index contributed by atoms with van der Waals surface area (Å²) in [6.45, 7) is 1.70. The lowest BCUT2D eigenvalue weighted by atomic mass is 10.1. The van der Waals surface area contributed by atoms with E-state index in [1.54, 1.807) is 31.2 Å². The second-order valence-corrected chi connectivity index (χ2v) is 4.08. The summed E-state index contributed by atoms with van der Waals surface area (Å²) < 4.78 is 38.2. The summed E-state index contributed by atoms with van der Waals surface area (Å²) in [6, 6.07) is 7.38. The van der Waals surface area contributed by atoms with Crippen molar-refractivity contribution in [3.05, 3.63) is 47.4 Å². The number of benzene rings is 1. The van der Waals surface area contributed by atoms with Gasteiger partial charge in [0.1, 0.15) is 5.69 Å². The number of carboxylic acids is 1. The van der Waals surface area contributed by atoms with Crippen LogP contribution < -0.4 is 0 Å². The Balaban J connectivity index is 2.68. The SMILES string of the molecule is Cc1ccccc1-c1cc(C(F)(F)F)nc(C(=O)O)n1. The third kappa shape index (κ3) is 2.76. The maximum atomic E-state index is 12.7. The van der Waals surface area contributed by atoms with Crippen LogP contribution in [-0.2, 0) is 6.18 Å². The molecular weight excluding hydrogens is 273 g/mol. The smallest absolute Gasteiger partial charge is 0.433 e. The van der Waals surface area contributed by atoms with Gasteiger partial charge in [-0.15, -0.1) is 0 Å². The summed E-state index contributed by atoms with van der Waals surface area (Å²) >= 11 is 0. The van der Waals surface area contributed by atoms with Gasteiger partial charge in [0.15, 0.2) is 0 Å². The number of nitrogens with zero attached hydrogens (tertiary/aromatic N) is 2. The molecule has 4 nitrogen and oxygen atoms in total. The van der Waals surface area contributed by atoms with Gasteiger partial charge in [0.2, 0.25) is 5.82 Å². The Morgan fingerprint density at radius 2 is 1.85 bits per heavy atom. The Hall–Kier alpha value is -2.44. The zero-order valence-electron chi connectivity index (χ0n) is 10.3. The molecule has 0 radical (unpaired) electrons. The Morgan fingerprint density at radius 1 is 1.20 bits per heavy atom. The molecule has 0 atom stereocenters. The second-order valence-electron chi connectivity index (χ2n) is 4.08. The molecule has 104 valence electrons. The van der Waals surface area contributed by atoms with Gasteiger partial charge >= 0.3 is 12.1 Å². The number of alkyl halides is 3. The summed E-state index contributed by atoms with van der Waals surface area (Å²) in [5.41, 5.74) is -0.218. The van der Waals surface area contributed by atoms with Crippen LogP contribution in [0.1, 0.15) is 21.9 Å². The van der Waals surface area contributed by atoms with Crippen LogP contribution in [0.15, 0.2) is 30.3 Å². The Kier molecular flexibility index (Phi) is 3.44. The fourth-order valence-electron chi connectivity index (χ4n) is 1.69. The monoisotopic (exact) mass is 282 g/mol. The zero-order valence-corrected chi connectivity index (χ0v) is 10.3. The van der Waals surface area contributed by atoms with Gasteiger partial charge in [0.05, 0.1) is 5.69 Å². The molecule has 0 bridgehead atoms. The molecule has 2 rings (SSSR count). The Labute approximate surface area is 111 Å². The number of aromatic carboxylic acids is 1. The van der Waals surface area contributed by atoms with Crippen LogP contribution in [0.2, 0.25) is 0 Å². The van der Waals surface area contributed by atoms with Crippen molar-refractivity contribution in [1.82, 2.24) is 9.97 Å². The average Bonchev–Trinajstić information content (AvgIpc) is 2.37. The molecule has 0 aliphatic rings. The highest BCUT2D eigenvalue weighted by molar-refractivity contribution is 5.84. The van der Waals surface area contributed by atoms with Crippen molar-refractivity contribution in [3.63, 3.8) is 0 Å². The van der Waals surface area contributed by atoms with Crippen molar-refractivity contribution in [1.29, 1.82) is 0 Å². The van der Waals surface area contributed by atoms with Crippen molar-refractivity contribution in [2.24, 2.45) is 0 Å². The third-order valence-electron chi connectivity index (χ3n) is 2.63. The molecule has 0 fully saturated rings. The van der Waals surface area contributed by atoms with Crippen LogP contribution in [0.5, 0.6) is 0 Å². The Morgan fingerprint density at radius 3 is 2.40 bits per heavy atom. The summed E-state index contributed by atoms with van der Waals surface area (Å²) in [7, 11) is 0. The molecule has 1 heterocycles. The number of carbonyl (C=O) groups is 1. The van der Waals surface area contributed by atoms with E-state index in [0.717, 1.165) is 6.07 Å². The van der Waals surface area contributed by atoms with Crippen LogP contribution in [0, 0.1) is 6.92 Å². The fraction of sp³-hybridized carbons (Fsp3) is 0.154. The summed E-state index contributed by atoms with van der Waals surface area (Å²) in [5, 5.41) is 8.82. The number of rotatable bonds is 2. The minimum atomic E-state index is -4.73. The van der Waals surface area contributed by atoms with Gasteiger partial charge in [-0.1, -0.05) is 24.3 Å². The van der Waals surface area contributed by atoms with E-state index in [1.165, 1.54) is 0 Å². The normalized spacial score (nSPS) is 11.4. The van der Waals surface area contributed by atoms with Crippen LogP contribution in [0.3, 0.4) is 0 Å². The minimum absolute atomic E-state index is 0.0668. The molecule has 0 spiro atoms. The standard InChI is InChI=1S/C13H9F3N2O2/c1-7-4-2-3-5-8(7)9-6-10(13(14,15)16)18-11(17-9)12(19)20/h2-6H,1H3,(H,19,20). The van der Waals surface area contributed by atoms with E-state index in [9.17, 15) is 18.0 Å². The van der Waals surface area contributed by atoms with Gasteiger partial charge in [-0.05, 0) is 18.6 Å². The molecule has 2 aromatic rings. The van der Waals surface area contributed by atoms with E-state index in [1.807, 2.05) is 0 Å². The molecule has 0 saturated carbocycles. The molecule has 0 aliphatic carbocycles. The fourth-order valence-corrected chi connectivity index (χ4v) is 1.69. The topological polar surface area (TPSA) is 63.1 Å². The van der Waals surface area contributed by atoms with E-state index >= 15 is 0 Å². The van der Waals surface area contributed by atoms with E-state index in [4.69, 9.17) is 5.11 Å². The van der Waals surface area contributed by atoms with E-state index < -0.39 is 23.7 Å². The molecule has 7 heteroatoms. The highest BCUT2D eigenvalue weighted by atomic mass is 19.4. The zero-order chi connectivity index (χ0) is 14.9. The maximum Gasteiger partial charge on any atom is 0.433 e. The van der Waals surface area contributed by atoms with E-state index in [-0.39, 0.29) is 5.69 Å². The van der Waals surface area contributed by atoms with Crippen LogP contribution in [0.4, 0.5) is 13.2 Å². The predicted octanol–water partition coefficient (Wildman–Crippen LogP) is 3.17. The highest BCUT2D eigenvalue weighted by Gasteiger charge is 2.34. The maximum absolute atomic E-state index is 12.7. The van der Waals surface area contributed by atoms with Crippen LogP contribution in [0.25, 0.3) is 11.3 Å². The molecule has 1 N–H and O–H groups in total. The number of hydrogen-bond donors (Lipinski definition) is 1. The number of aryl methyl sites for hydroxylation is 1. The van der Waals surface area contributed by atoms with Gasteiger partial charge in [-0.3, -0.25) is 0 Å². The lowest BCUT2D eigenvalue weighted by Crippen LogP contribution is -2.14. The highest BCUT2D eigenvalue weighted by Crippen LogP contribution is 2.31. The van der Waals surface area contributed by atoms with Crippen molar-refractivity contribution in [2.45, 2.75) is 13.1 Å². The Bertz CT molecular complexity index is 669. The molecule has 0 saturated heterocycles. The molecule has 0 amide bonds. The van der Waals surface area contributed by atoms with E-state index in [0.29, 0.717) is 11.1 Å². The van der Waals surface area contributed by atoms with Crippen molar-refractivity contribution < 1.29 is 23.1 Å². The van der Waals surface area contributed by atoms with E-state index in [2.05, 4.69) is 9.97 Å². The molecule has 1 aromatic heterocycles. The van der Waals surface area contributed by atoms with Gasteiger partial charge in [0, 0.05) is 5.56 Å². The molecule has 0 aliphatic heterocycles. The molecule has 0 unspecified atom stereocenters. The first-order valence-electron chi connectivity index (χ1n) is 5.54. The third-order valence-corrected chi connectivity index (χ3v) is 2.63. The first-order chi connectivity index (χ1) is 9.29. The number of carboxylic acid groups (broad SMARTS) is 1. The van der Waals surface area contributed by atoms with Crippen molar-refractivity contribution in [2.75, 3.05) is 0 Å². The van der Waals surface area contributed by atoms with Gasteiger partial charge in [-0.25, -0.2) is 14.8 Å². The van der Waals surface area contributed by atoms with Crippen molar-refractivity contribution >= 4 is 5.97 Å². The predicted molar refractivity (Wildman–Crippen MR) is 64.2 cm³/mol. The minimum Gasteiger partial charge on any atom is -0.475 e. The first-order valence-corrected chi connectivity index (χ1v) is 5.54. The lowest BCUT2D eigenvalue weighted by molar-refractivity contribution is -0.141. The summed E-state index contributed by atoms with van der Waals surface area (Å²) in [5.74, 6) is -2.48.